The van der Waals surface area contributed by atoms with Crippen LogP contribution in [-0.4, -0.2) is 15.1 Å². The van der Waals surface area contributed by atoms with Gasteiger partial charge in [-0.05, 0) is 36.8 Å². The lowest BCUT2D eigenvalue weighted by Gasteiger charge is -2.06. The lowest BCUT2D eigenvalue weighted by Crippen LogP contribution is -1.98. The molecule has 0 radical (unpaired) electrons. The Morgan fingerprint density at radius 2 is 2.07 bits per heavy atom. The van der Waals surface area contributed by atoms with Crippen molar-refractivity contribution in [1.29, 1.82) is 0 Å². The molecule has 0 bridgehead atoms. The number of H-pyrrole nitrogens is 1. The minimum atomic E-state index is -0.264. The number of aromatic hydroxyl groups is 1. The highest BCUT2D eigenvalue weighted by atomic mass is 32.1. The van der Waals surface area contributed by atoms with Gasteiger partial charge in [-0.1, -0.05) is 23.5 Å². The third kappa shape index (κ3) is 3.80. The average Bonchev–Trinajstić information content (AvgIpc) is 3.36. The van der Waals surface area contributed by atoms with Crippen molar-refractivity contribution in [3.8, 4) is 23.3 Å². The zero-order valence-electron chi connectivity index (χ0n) is 14.4. The number of hydrogen-bond acceptors (Lipinski definition) is 7. The topological polar surface area (TPSA) is 101 Å². The molecule has 0 saturated carbocycles. The number of ether oxygens (including phenoxy) is 1. The summed E-state index contributed by atoms with van der Waals surface area (Å²) in [6.45, 7) is 2.10. The van der Waals surface area contributed by atoms with Gasteiger partial charge in [0.2, 0.25) is 5.88 Å². The molecule has 8 heteroatoms. The van der Waals surface area contributed by atoms with E-state index in [1.165, 1.54) is 0 Å². The van der Waals surface area contributed by atoms with Gasteiger partial charge >= 0.3 is 4.87 Å². The van der Waals surface area contributed by atoms with Gasteiger partial charge in [0.1, 0.15) is 23.8 Å². The van der Waals surface area contributed by atoms with Crippen LogP contribution in [0.3, 0.4) is 0 Å². The molecule has 1 aromatic carbocycles. The van der Waals surface area contributed by atoms with Crippen LogP contribution < -0.4 is 9.61 Å². The normalized spacial score (nSPS) is 11.0. The molecular weight excluding hydrogens is 368 g/mol. The first-order valence-corrected chi connectivity index (χ1v) is 9.03. The van der Waals surface area contributed by atoms with Crippen LogP contribution in [0.15, 0.2) is 56.3 Å². The smallest absolute Gasteiger partial charge is 0.307 e. The van der Waals surface area contributed by atoms with Gasteiger partial charge in [-0.25, -0.2) is 4.98 Å². The summed E-state index contributed by atoms with van der Waals surface area (Å²) >= 11 is 1.00. The molecule has 0 atom stereocenters. The monoisotopic (exact) mass is 384 g/mol. The summed E-state index contributed by atoms with van der Waals surface area (Å²) < 4.78 is 16.7. The Hall–Kier alpha value is -3.26. The van der Waals surface area contributed by atoms with Crippen LogP contribution in [0.25, 0.3) is 11.7 Å². The molecule has 0 spiro atoms. The molecule has 2 N–H and O–H groups in total. The number of nitrogens with zero attached hydrogens (tertiary/aromatic N) is 1. The van der Waals surface area contributed by atoms with Gasteiger partial charge in [-0.15, -0.1) is 0 Å². The second-order valence-corrected chi connectivity index (χ2v) is 6.96. The SMILES string of the molecule is Cc1oc(-c2ccco2)nc1COc1ccc(Cc2sc(=O)[nH]c2O)cc1. The van der Waals surface area contributed by atoms with Crippen LogP contribution in [0.5, 0.6) is 11.6 Å². The molecule has 7 nitrogen and oxygen atoms in total. The summed E-state index contributed by atoms with van der Waals surface area (Å²) in [5.74, 6) is 2.29. The molecule has 4 aromatic rings. The Morgan fingerprint density at radius 1 is 1.26 bits per heavy atom. The summed E-state index contributed by atoms with van der Waals surface area (Å²) in [5, 5.41) is 9.66. The van der Waals surface area contributed by atoms with E-state index < -0.39 is 0 Å². The number of thiazole rings is 1. The van der Waals surface area contributed by atoms with Crippen molar-refractivity contribution in [3.63, 3.8) is 0 Å². The molecule has 0 amide bonds. The molecule has 0 aliphatic heterocycles. The fourth-order valence-electron chi connectivity index (χ4n) is 2.58. The van der Waals surface area contributed by atoms with Crippen LogP contribution >= 0.6 is 11.3 Å². The largest absolute Gasteiger partial charge is 0.494 e. The van der Waals surface area contributed by atoms with E-state index in [0.717, 1.165) is 16.9 Å². The van der Waals surface area contributed by atoms with E-state index in [1.54, 1.807) is 18.4 Å². The average molecular weight is 384 g/mol. The minimum absolute atomic E-state index is 0.0702. The van der Waals surface area contributed by atoms with Gasteiger partial charge in [-0.2, -0.15) is 0 Å². The summed E-state index contributed by atoms with van der Waals surface area (Å²) in [6, 6.07) is 11.0. The van der Waals surface area contributed by atoms with E-state index in [0.29, 0.717) is 40.2 Å². The fraction of sp³-hybridized carbons (Fsp3) is 0.158. The Balaban J connectivity index is 1.40. The van der Waals surface area contributed by atoms with Crippen molar-refractivity contribution in [1.82, 2.24) is 9.97 Å². The second-order valence-electron chi connectivity index (χ2n) is 5.89. The van der Waals surface area contributed by atoms with Gasteiger partial charge in [0.15, 0.2) is 5.76 Å². The van der Waals surface area contributed by atoms with E-state index in [-0.39, 0.29) is 17.4 Å². The maximum atomic E-state index is 11.2. The summed E-state index contributed by atoms with van der Waals surface area (Å²) in [4.78, 5) is 18.4. The molecule has 0 unspecified atom stereocenters. The second kappa shape index (κ2) is 7.16. The van der Waals surface area contributed by atoms with Crippen molar-refractivity contribution < 1.29 is 18.7 Å². The minimum Gasteiger partial charge on any atom is -0.494 e. The predicted octanol–water partition coefficient (Wildman–Crippen LogP) is 3.87. The van der Waals surface area contributed by atoms with Gasteiger partial charge in [0, 0.05) is 6.42 Å². The summed E-state index contributed by atoms with van der Waals surface area (Å²) in [6.07, 6.45) is 2.04. The van der Waals surface area contributed by atoms with Gasteiger partial charge in [0.25, 0.3) is 5.89 Å². The lowest BCUT2D eigenvalue weighted by atomic mass is 10.1. The van der Waals surface area contributed by atoms with Gasteiger partial charge in [0.05, 0.1) is 11.1 Å². The molecular formula is C19H16N2O5S. The molecule has 3 heterocycles. The van der Waals surface area contributed by atoms with E-state index in [1.807, 2.05) is 31.2 Å². The number of furan rings is 1. The van der Waals surface area contributed by atoms with E-state index >= 15 is 0 Å². The standard InChI is InChI=1S/C19H16N2O5S/c1-11-14(20-18(26-11)15-3-2-8-24-15)10-25-13-6-4-12(5-7-13)9-16-17(22)21-19(23)27-16/h2-8,22H,9-10H2,1H3,(H,21,23). The number of nitrogens with one attached hydrogen (secondary N) is 1. The molecule has 0 saturated heterocycles. The number of aryl methyl sites for hydroxylation is 1. The number of rotatable bonds is 6. The zero-order chi connectivity index (χ0) is 18.8. The first-order chi connectivity index (χ1) is 13.1. The van der Waals surface area contributed by atoms with Crippen molar-refractivity contribution in [3.05, 3.63) is 74.2 Å². The van der Waals surface area contributed by atoms with Crippen LogP contribution in [-0.2, 0) is 13.0 Å². The van der Waals surface area contributed by atoms with E-state index in [4.69, 9.17) is 13.6 Å². The van der Waals surface area contributed by atoms with Crippen LogP contribution in [0.4, 0.5) is 0 Å². The van der Waals surface area contributed by atoms with Crippen LogP contribution in [0.1, 0.15) is 21.9 Å². The highest BCUT2D eigenvalue weighted by molar-refractivity contribution is 7.09. The summed E-state index contributed by atoms with van der Waals surface area (Å²) in [5.41, 5.74) is 1.66. The number of benzene rings is 1. The molecule has 0 fully saturated rings. The molecule has 138 valence electrons. The van der Waals surface area contributed by atoms with Crippen molar-refractivity contribution in [2.75, 3.05) is 0 Å². The number of hydrogen-bond donors (Lipinski definition) is 2. The van der Waals surface area contributed by atoms with Crippen molar-refractivity contribution in [2.45, 2.75) is 20.0 Å². The van der Waals surface area contributed by atoms with E-state index in [2.05, 4.69) is 9.97 Å². The molecule has 0 aliphatic rings. The molecule has 0 aliphatic carbocycles. The van der Waals surface area contributed by atoms with Crippen LogP contribution in [0, 0.1) is 6.92 Å². The van der Waals surface area contributed by atoms with Gasteiger partial charge < -0.3 is 18.7 Å². The van der Waals surface area contributed by atoms with E-state index in [9.17, 15) is 9.90 Å². The third-order valence-corrected chi connectivity index (χ3v) is 4.86. The molecule has 27 heavy (non-hydrogen) atoms. The molecule has 3 aromatic heterocycles. The quantitative estimate of drug-likeness (QED) is 0.523. The number of aromatic amines is 1. The Labute approximate surface area is 157 Å². The number of oxazole rings is 1. The molecule has 4 rings (SSSR count). The Morgan fingerprint density at radius 3 is 2.74 bits per heavy atom. The summed E-state index contributed by atoms with van der Waals surface area (Å²) in [7, 11) is 0. The lowest BCUT2D eigenvalue weighted by molar-refractivity contribution is 0.299. The third-order valence-electron chi connectivity index (χ3n) is 3.99. The Kier molecular flexibility index (Phi) is 4.55. The maximum absolute atomic E-state index is 11.2. The highest BCUT2D eigenvalue weighted by Gasteiger charge is 2.14. The van der Waals surface area contributed by atoms with Crippen molar-refractivity contribution >= 4 is 11.3 Å². The maximum Gasteiger partial charge on any atom is 0.307 e. The highest BCUT2D eigenvalue weighted by Crippen LogP contribution is 2.24. The number of aromatic nitrogens is 2. The zero-order valence-corrected chi connectivity index (χ0v) is 15.2. The fourth-order valence-corrected chi connectivity index (χ4v) is 3.34. The van der Waals surface area contributed by atoms with Gasteiger partial charge in [-0.3, -0.25) is 9.78 Å². The van der Waals surface area contributed by atoms with Crippen LogP contribution in [0.2, 0.25) is 0 Å². The Bertz CT molecular complexity index is 1090. The first kappa shape index (κ1) is 17.2. The predicted molar refractivity (Wildman–Crippen MR) is 99.1 cm³/mol. The van der Waals surface area contributed by atoms with Crippen molar-refractivity contribution in [2.24, 2.45) is 0 Å². The first-order valence-electron chi connectivity index (χ1n) is 8.21.